The number of carbonyl (C=O) groups is 1. The minimum absolute atomic E-state index is 0.133. The van der Waals surface area contributed by atoms with Crippen LogP contribution in [0.1, 0.15) is 11.1 Å². The first-order valence-corrected chi connectivity index (χ1v) is 7.77. The fourth-order valence-electron chi connectivity index (χ4n) is 1.83. The summed E-state index contributed by atoms with van der Waals surface area (Å²) in [7, 11) is 1.82. The Kier molecular flexibility index (Phi) is 5.24. The van der Waals surface area contributed by atoms with Gasteiger partial charge in [-0.1, -0.05) is 48.0 Å². The summed E-state index contributed by atoms with van der Waals surface area (Å²) in [6.07, 6.45) is 0. The zero-order valence-electron chi connectivity index (χ0n) is 11.9. The summed E-state index contributed by atoms with van der Waals surface area (Å²) in [5, 5.41) is 0. The van der Waals surface area contributed by atoms with Crippen LogP contribution in [-0.2, 0) is 10.5 Å². The van der Waals surface area contributed by atoms with E-state index in [2.05, 4.69) is 31.2 Å². The van der Waals surface area contributed by atoms with Gasteiger partial charge in [0.25, 0.3) is 0 Å². The molecule has 20 heavy (non-hydrogen) atoms. The van der Waals surface area contributed by atoms with E-state index in [0.717, 1.165) is 11.4 Å². The highest BCUT2D eigenvalue weighted by atomic mass is 32.2. The van der Waals surface area contributed by atoms with Gasteiger partial charge in [-0.25, -0.2) is 0 Å². The number of anilines is 1. The summed E-state index contributed by atoms with van der Waals surface area (Å²) >= 11 is 1.65. The molecular formula is C17H19NOS. The maximum Gasteiger partial charge on any atom is 0.236 e. The minimum atomic E-state index is 0.133. The van der Waals surface area contributed by atoms with Crippen molar-refractivity contribution in [1.82, 2.24) is 0 Å². The van der Waals surface area contributed by atoms with Crippen LogP contribution in [-0.4, -0.2) is 18.7 Å². The summed E-state index contributed by atoms with van der Waals surface area (Å²) in [6, 6.07) is 18.2. The second-order valence-electron chi connectivity index (χ2n) is 4.77. The number of carbonyl (C=O) groups excluding carboxylic acids is 1. The lowest BCUT2D eigenvalue weighted by Crippen LogP contribution is -2.27. The van der Waals surface area contributed by atoms with Crippen molar-refractivity contribution in [3.05, 3.63) is 65.7 Å². The van der Waals surface area contributed by atoms with Gasteiger partial charge in [-0.2, -0.15) is 0 Å². The third-order valence-electron chi connectivity index (χ3n) is 3.13. The molecule has 0 saturated carbocycles. The van der Waals surface area contributed by atoms with E-state index >= 15 is 0 Å². The number of hydrogen-bond acceptors (Lipinski definition) is 2. The van der Waals surface area contributed by atoms with Gasteiger partial charge in [0, 0.05) is 18.5 Å². The molecule has 0 saturated heterocycles. The van der Waals surface area contributed by atoms with E-state index in [-0.39, 0.29) is 5.91 Å². The van der Waals surface area contributed by atoms with E-state index in [1.165, 1.54) is 11.1 Å². The maximum absolute atomic E-state index is 12.1. The molecule has 0 N–H and O–H groups in total. The zero-order chi connectivity index (χ0) is 14.4. The summed E-state index contributed by atoms with van der Waals surface area (Å²) in [5.74, 6) is 1.50. The molecule has 2 aromatic carbocycles. The van der Waals surface area contributed by atoms with E-state index in [1.54, 1.807) is 16.7 Å². The number of para-hydroxylation sites is 1. The third-order valence-corrected chi connectivity index (χ3v) is 4.12. The summed E-state index contributed by atoms with van der Waals surface area (Å²) in [6.45, 7) is 2.08. The molecule has 0 aliphatic carbocycles. The number of aryl methyl sites for hydroxylation is 1. The van der Waals surface area contributed by atoms with Crippen LogP contribution in [0.5, 0.6) is 0 Å². The quantitative estimate of drug-likeness (QED) is 0.830. The molecule has 0 fully saturated rings. The normalized spacial score (nSPS) is 10.3. The Labute approximate surface area is 124 Å². The first kappa shape index (κ1) is 14.7. The van der Waals surface area contributed by atoms with Crippen molar-refractivity contribution in [1.29, 1.82) is 0 Å². The fourth-order valence-corrected chi connectivity index (χ4v) is 2.73. The lowest BCUT2D eigenvalue weighted by molar-refractivity contribution is -0.115. The molecule has 0 aromatic heterocycles. The van der Waals surface area contributed by atoms with Crippen LogP contribution in [0.4, 0.5) is 5.69 Å². The highest BCUT2D eigenvalue weighted by Crippen LogP contribution is 2.16. The molecule has 0 aliphatic heterocycles. The minimum Gasteiger partial charge on any atom is -0.315 e. The summed E-state index contributed by atoms with van der Waals surface area (Å²) in [5.41, 5.74) is 3.46. The average molecular weight is 285 g/mol. The molecule has 3 heteroatoms. The second-order valence-corrected chi connectivity index (χ2v) is 5.75. The van der Waals surface area contributed by atoms with Crippen molar-refractivity contribution in [2.75, 3.05) is 17.7 Å². The molecule has 0 bridgehead atoms. The topological polar surface area (TPSA) is 20.3 Å². The molecule has 2 nitrogen and oxygen atoms in total. The predicted molar refractivity (Wildman–Crippen MR) is 87.2 cm³/mol. The summed E-state index contributed by atoms with van der Waals surface area (Å²) < 4.78 is 0. The van der Waals surface area contributed by atoms with Crippen molar-refractivity contribution >= 4 is 23.4 Å². The molecule has 0 radical (unpaired) electrons. The smallest absolute Gasteiger partial charge is 0.236 e. The standard InChI is InChI=1S/C17H19NOS/c1-14-8-10-15(11-9-14)12-20-13-17(19)18(2)16-6-4-3-5-7-16/h3-11H,12-13H2,1-2H3. The van der Waals surface area contributed by atoms with Crippen LogP contribution < -0.4 is 4.90 Å². The van der Waals surface area contributed by atoms with Crippen LogP contribution >= 0.6 is 11.8 Å². The van der Waals surface area contributed by atoms with Gasteiger partial charge in [0.15, 0.2) is 0 Å². The Morgan fingerprint density at radius 1 is 1.05 bits per heavy atom. The van der Waals surface area contributed by atoms with Crippen molar-refractivity contribution in [2.24, 2.45) is 0 Å². The fraction of sp³-hybridized carbons (Fsp3) is 0.235. The number of nitrogens with zero attached hydrogens (tertiary/aromatic N) is 1. The van der Waals surface area contributed by atoms with E-state index in [4.69, 9.17) is 0 Å². The largest absolute Gasteiger partial charge is 0.315 e. The van der Waals surface area contributed by atoms with Crippen molar-refractivity contribution in [3.63, 3.8) is 0 Å². The molecule has 0 unspecified atom stereocenters. The van der Waals surface area contributed by atoms with Crippen LogP contribution in [0.25, 0.3) is 0 Å². The molecule has 0 aliphatic rings. The Hall–Kier alpha value is -1.74. The van der Waals surface area contributed by atoms with E-state index in [9.17, 15) is 4.79 Å². The van der Waals surface area contributed by atoms with Crippen molar-refractivity contribution in [3.8, 4) is 0 Å². The van der Waals surface area contributed by atoms with Gasteiger partial charge in [-0.15, -0.1) is 11.8 Å². The lowest BCUT2D eigenvalue weighted by atomic mass is 10.2. The number of benzene rings is 2. The molecule has 0 atom stereocenters. The number of amides is 1. The van der Waals surface area contributed by atoms with Gasteiger partial charge in [-0.3, -0.25) is 4.79 Å². The zero-order valence-corrected chi connectivity index (χ0v) is 12.7. The Bertz CT molecular complexity index is 551. The molecule has 2 aromatic rings. The van der Waals surface area contributed by atoms with E-state index in [1.807, 2.05) is 37.4 Å². The van der Waals surface area contributed by atoms with Crippen molar-refractivity contribution in [2.45, 2.75) is 12.7 Å². The van der Waals surface area contributed by atoms with Gasteiger partial charge in [0.05, 0.1) is 5.75 Å². The van der Waals surface area contributed by atoms with Crippen LogP contribution in [0, 0.1) is 6.92 Å². The Morgan fingerprint density at radius 2 is 1.70 bits per heavy atom. The molecule has 1 amide bonds. The third kappa shape index (κ3) is 4.14. The molecule has 0 spiro atoms. The maximum atomic E-state index is 12.1. The number of rotatable bonds is 5. The monoisotopic (exact) mass is 285 g/mol. The van der Waals surface area contributed by atoms with E-state index in [0.29, 0.717) is 5.75 Å². The second kappa shape index (κ2) is 7.15. The SMILES string of the molecule is Cc1ccc(CSCC(=O)N(C)c2ccccc2)cc1. The lowest BCUT2D eigenvalue weighted by Gasteiger charge is -2.16. The van der Waals surface area contributed by atoms with Gasteiger partial charge >= 0.3 is 0 Å². The highest BCUT2D eigenvalue weighted by molar-refractivity contribution is 7.99. The van der Waals surface area contributed by atoms with Crippen LogP contribution in [0.2, 0.25) is 0 Å². The van der Waals surface area contributed by atoms with Gasteiger partial charge in [0.2, 0.25) is 5.91 Å². The van der Waals surface area contributed by atoms with Gasteiger partial charge in [-0.05, 0) is 24.6 Å². The Balaban J connectivity index is 1.82. The highest BCUT2D eigenvalue weighted by Gasteiger charge is 2.10. The molecule has 2 rings (SSSR count). The number of hydrogen-bond donors (Lipinski definition) is 0. The Morgan fingerprint density at radius 3 is 2.35 bits per heavy atom. The summed E-state index contributed by atoms with van der Waals surface area (Å²) in [4.78, 5) is 13.8. The van der Waals surface area contributed by atoms with Gasteiger partial charge < -0.3 is 4.90 Å². The van der Waals surface area contributed by atoms with Gasteiger partial charge in [0.1, 0.15) is 0 Å². The number of thioether (sulfide) groups is 1. The molecular weight excluding hydrogens is 266 g/mol. The van der Waals surface area contributed by atoms with Crippen molar-refractivity contribution < 1.29 is 4.79 Å². The van der Waals surface area contributed by atoms with E-state index < -0.39 is 0 Å². The van der Waals surface area contributed by atoms with Crippen LogP contribution in [0.3, 0.4) is 0 Å². The molecule has 0 heterocycles. The first-order valence-electron chi connectivity index (χ1n) is 6.62. The molecule has 104 valence electrons. The van der Waals surface area contributed by atoms with Crippen LogP contribution in [0.15, 0.2) is 54.6 Å². The first-order chi connectivity index (χ1) is 9.66. The predicted octanol–water partition coefficient (Wildman–Crippen LogP) is 3.89. The average Bonchev–Trinajstić information content (AvgIpc) is 2.49.